The van der Waals surface area contributed by atoms with Crippen LogP contribution in [-0.4, -0.2) is 11.4 Å². The minimum absolute atomic E-state index is 0.276. The van der Waals surface area contributed by atoms with Crippen LogP contribution in [0, 0.1) is 5.92 Å². The van der Waals surface area contributed by atoms with E-state index in [0.717, 1.165) is 32.0 Å². The predicted molar refractivity (Wildman–Crippen MR) is 58.9 cm³/mol. The molecule has 80 valence electrons. The zero-order valence-corrected chi connectivity index (χ0v) is 8.73. The summed E-state index contributed by atoms with van der Waals surface area (Å²) >= 11 is 0. The summed E-state index contributed by atoms with van der Waals surface area (Å²) in [4.78, 5) is 10.6. The van der Waals surface area contributed by atoms with E-state index in [9.17, 15) is 9.90 Å². The smallest absolute Gasteiger partial charge is 0.123 e. The lowest BCUT2D eigenvalue weighted by atomic mass is 9.79. The first kappa shape index (κ1) is 10.2. The van der Waals surface area contributed by atoms with Crippen molar-refractivity contribution >= 4 is 6.29 Å². The van der Waals surface area contributed by atoms with Crippen LogP contribution in [0.5, 0.6) is 5.75 Å². The summed E-state index contributed by atoms with van der Waals surface area (Å²) in [6.07, 6.45) is 5.29. The summed E-state index contributed by atoms with van der Waals surface area (Å²) in [5, 5.41) is 9.19. The summed E-state index contributed by atoms with van der Waals surface area (Å²) in [5.41, 5.74) is 1.29. The van der Waals surface area contributed by atoms with Crippen LogP contribution in [0.25, 0.3) is 0 Å². The van der Waals surface area contributed by atoms with E-state index >= 15 is 0 Å². The molecule has 0 aromatic heterocycles. The van der Waals surface area contributed by atoms with E-state index in [1.807, 2.05) is 12.1 Å². The summed E-state index contributed by atoms with van der Waals surface area (Å²) < 4.78 is 0. The van der Waals surface area contributed by atoms with Gasteiger partial charge in [0, 0.05) is 5.92 Å². The molecule has 0 saturated heterocycles. The van der Waals surface area contributed by atoms with Gasteiger partial charge < -0.3 is 9.90 Å². The molecule has 1 fully saturated rings. The number of rotatable bonds is 2. The highest BCUT2D eigenvalue weighted by Crippen LogP contribution is 2.35. The fraction of sp³-hybridized carbons (Fsp3) is 0.462. The van der Waals surface area contributed by atoms with Gasteiger partial charge in [-0.15, -0.1) is 0 Å². The van der Waals surface area contributed by atoms with Crippen molar-refractivity contribution in [2.45, 2.75) is 31.6 Å². The normalized spacial score (nSPS) is 26.1. The van der Waals surface area contributed by atoms with Gasteiger partial charge >= 0.3 is 0 Å². The molecule has 0 bridgehead atoms. The second kappa shape index (κ2) is 4.47. The lowest BCUT2D eigenvalue weighted by Crippen LogP contribution is -2.13. The third kappa shape index (κ3) is 2.38. The molecular formula is C13H16O2. The number of carbonyl (C=O) groups is 1. The maximum absolute atomic E-state index is 10.6. The quantitative estimate of drug-likeness (QED) is 0.752. The molecule has 2 rings (SSSR count). The number of phenols is 1. The monoisotopic (exact) mass is 204 g/mol. The van der Waals surface area contributed by atoms with Gasteiger partial charge in [0.15, 0.2) is 0 Å². The SMILES string of the molecule is O=C[C@H]1CC[C@H](c2ccc(O)cc2)CC1. The Morgan fingerprint density at radius 1 is 1.07 bits per heavy atom. The Morgan fingerprint density at radius 2 is 1.67 bits per heavy atom. The van der Waals surface area contributed by atoms with Crippen molar-refractivity contribution in [1.29, 1.82) is 0 Å². The van der Waals surface area contributed by atoms with Crippen molar-refractivity contribution in [3.63, 3.8) is 0 Å². The van der Waals surface area contributed by atoms with E-state index < -0.39 is 0 Å². The topological polar surface area (TPSA) is 37.3 Å². The highest BCUT2D eigenvalue weighted by atomic mass is 16.3. The molecule has 0 amide bonds. The van der Waals surface area contributed by atoms with Gasteiger partial charge in [-0.2, -0.15) is 0 Å². The Kier molecular flexibility index (Phi) is 3.05. The molecule has 1 aliphatic rings. The molecule has 1 aliphatic carbocycles. The van der Waals surface area contributed by atoms with Crippen molar-refractivity contribution in [1.82, 2.24) is 0 Å². The average molecular weight is 204 g/mol. The van der Waals surface area contributed by atoms with Gasteiger partial charge in [-0.05, 0) is 49.3 Å². The molecule has 1 aromatic rings. The molecule has 2 heteroatoms. The molecule has 15 heavy (non-hydrogen) atoms. The van der Waals surface area contributed by atoms with Crippen LogP contribution in [0.2, 0.25) is 0 Å². The molecule has 1 saturated carbocycles. The molecular weight excluding hydrogens is 188 g/mol. The number of hydrogen-bond donors (Lipinski definition) is 1. The highest BCUT2D eigenvalue weighted by molar-refractivity contribution is 5.53. The third-order valence-corrected chi connectivity index (χ3v) is 3.33. The number of phenolic OH excluding ortho intramolecular Hbond substituents is 1. The van der Waals surface area contributed by atoms with Crippen molar-refractivity contribution in [2.24, 2.45) is 5.92 Å². The molecule has 0 heterocycles. The van der Waals surface area contributed by atoms with Crippen LogP contribution in [0.15, 0.2) is 24.3 Å². The Balaban J connectivity index is 2.01. The maximum Gasteiger partial charge on any atom is 0.123 e. The molecule has 0 unspecified atom stereocenters. The first-order valence-electron chi connectivity index (χ1n) is 5.54. The summed E-state index contributed by atoms with van der Waals surface area (Å²) in [5.74, 6) is 1.17. The second-order valence-electron chi connectivity index (χ2n) is 4.34. The molecule has 2 nitrogen and oxygen atoms in total. The van der Waals surface area contributed by atoms with Crippen LogP contribution in [0.3, 0.4) is 0 Å². The van der Waals surface area contributed by atoms with Gasteiger partial charge in [-0.1, -0.05) is 12.1 Å². The van der Waals surface area contributed by atoms with E-state index in [0.29, 0.717) is 11.7 Å². The number of aldehydes is 1. The van der Waals surface area contributed by atoms with Gasteiger partial charge in [-0.25, -0.2) is 0 Å². The van der Waals surface area contributed by atoms with Crippen LogP contribution < -0.4 is 0 Å². The van der Waals surface area contributed by atoms with Crippen molar-refractivity contribution in [3.05, 3.63) is 29.8 Å². The standard InChI is InChI=1S/C13H16O2/c14-9-10-1-3-11(4-2-10)12-5-7-13(15)8-6-12/h5-11,15H,1-4H2/t10-,11-. The Hall–Kier alpha value is -1.31. The lowest BCUT2D eigenvalue weighted by molar-refractivity contribution is -0.111. The van der Waals surface area contributed by atoms with Gasteiger partial charge in [0.25, 0.3) is 0 Å². The summed E-state index contributed by atoms with van der Waals surface area (Å²) in [7, 11) is 0. The third-order valence-electron chi connectivity index (χ3n) is 3.33. The van der Waals surface area contributed by atoms with E-state index in [1.165, 1.54) is 5.56 Å². The van der Waals surface area contributed by atoms with E-state index in [4.69, 9.17) is 0 Å². The first-order chi connectivity index (χ1) is 7.29. The Bertz CT molecular complexity index is 321. The Morgan fingerprint density at radius 3 is 2.20 bits per heavy atom. The molecule has 0 aliphatic heterocycles. The number of benzene rings is 1. The predicted octanol–water partition coefficient (Wildman–Crippen LogP) is 2.86. The number of hydrogen-bond acceptors (Lipinski definition) is 2. The van der Waals surface area contributed by atoms with Crippen LogP contribution >= 0.6 is 0 Å². The van der Waals surface area contributed by atoms with Gasteiger partial charge in [0.05, 0.1) is 0 Å². The second-order valence-corrected chi connectivity index (χ2v) is 4.34. The fourth-order valence-corrected chi connectivity index (χ4v) is 2.34. The fourth-order valence-electron chi connectivity index (χ4n) is 2.34. The molecule has 1 aromatic carbocycles. The van der Waals surface area contributed by atoms with Crippen molar-refractivity contribution in [2.75, 3.05) is 0 Å². The van der Waals surface area contributed by atoms with Crippen LogP contribution in [0.4, 0.5) is 0 Å². The molecule has 0 spiro atoms. The average Bonchev–Trinajstić information content (AvgIpc) is 2.30. The minimum Gasteiger partial charge on any atom is -0.508 e. The van der Waals surface area contributed by atoms with Crippen LogP contribution in [0.1, 0.15) is 37.2 Å². The van der Waals surface area contributed by atoms with Gasteiger partial charge in [0.1, 0.15) is 12.0 Å². The minimum atomic E-state index is 0.276. The van der Waals surface area contributed by atoms with E-state index in [1.54, 1.807) is 12.1 Å². The molecule has 0 radical (unpaired) electrons. The highest BCUT2D eigenvalue weighted by Gasteiger charge is 2.21. The van der Waals surface area contributed by atoms with Gasteiger partial charge in [0.2, 0.25) is 0 Å². The zero-order chi connectivity index (χ0) is 10.7. The van der Waals surface area contributed by atoms with Crippen molar-refractivity contribution in [3.8, 4) is 5.75 Å². The first-order valence-corrected chi connectivity index (χ1v) is 5.54. The van der Waals surface area contributed by atoms with E-state index in [2.05, 4.69) is 0 Å². The zero-order valence-electron chi connectivity index (χ0n) is 8.73. The molecule has 0 atom stereocenters. The molecule has 1 N–H and O–H groups in total. The Labute approximate surface area is 89.9 Å². The summed E-state index contributed by atoms with van der Waals surface area (Å²) in [6.45, 7) is 0. The van der Waals surface area contributed by atoms with E-state index in [-0.39, 0.29) is 5.92 Å². The van der Waals surface area contributed by atoms with Gasteiger partial charge in [-0.3, -0.25) is 0 Å². The summed E-state index contributed by atoms with van der Waals surface area (Å²) in [6, 6.07) is 7.45. The largest absolute Gasteiger partial charge is 0.508 e. The number of aromatic hydroxyl groups is 1. The maximum atomic E-state index is 10.6. The van der Waals surface area contributed by atoms with Crippen molar-refractivity contribution < 1.29 is 9.90 Å². The van der Waals surface area contributed by atoms with Crippen LogP contribution in [-0.2, 0) is 4.79 Å². The number of carbonyl (C=O) groups excluding carboxylic acids is 1. The lowest BCUT2D eigenvalue weighted by Gasteiger charge is -2.25.